The molecule has 0 aliphatic rings. The van der Waals surface area contributed by atoms with Crippen LogP contribution in [0.2, 0.25) is 0 Å². The summed E-state index contributed by atoms with van der Waals surface area (Å²) >= 11 is 0. The van der Waals surface area contributed by atoms with Crippen LogP contribution >= 0.6 is 0 Å². The maximum absolute atomic E-state index is 12.8. The lowest BCUT2D eigenvalue weighted by Gasteiger charge is -2.14. The fourth-order valence-electron chi connectivity index (χ4n) is 3.10. The monoisotopic (exact) mass is 405 g/mol. The smallest absolute Gasteiger partial charge is 0.341 e. The number of carbonyl (C=O) groups is 2. The number of pyridine rings is 1. The van der Waals surface area contributed by atoms with Crippen LogP contribution in [0.1, 0.15) is 45.8 Å². The summed E-state index contributed by atoms with van der Waals surface area (Å²) in [5, 5.41) is 0.539. The molecule has 0 saturated heterocycles. The zero-order chi connectivity index (χ0) is 21.5. The molecule has 3 rings (SSSR count). The molecule has 6 heteroatoms. The molecule has 0 unspecified atom stereocenters. The zero-order valence-electron chi connectivity index (χ0n) is 17.2. The Labute approximate surface area is 175 Å². The molecular weight excluding hydrogens is 382 g/mol. The summed E-state index contributed by atoms with van der Waals surface area (Å²) in [4.78, 5) is 30.2. The van der Waals surface area contributed by atoms with Crippen LogP contribution in [-0.2, 0) is 9.47 Å². The van der Waals surface area contributed by atoms with Crippen LogP contribution in [0, 0.1) is 0 Å². The Bertz CT molecular complexity index is 1100. The van der Waals surface area contributed by atoms with Gasteiger partial charge in [-0.25, -0.2) is 14.6 Å². The largest absolute Gasteiger partial charge is 0.497 e. The molecule has 3 aromatic rings. The van der Waals surface area contributed by atoms with Crippen molar-refractivity contribution in [1.29, 1.82) is 0 Å². The predicted octanol–water partition coefficient (Wildman–Crippen LogP) is 4.77. The van der Waals surface area contributed by atoms with E-state index in [0.717, 1.165) is 5.56 Å². The number of hydrogen-bond donors (Lipinski definition) is 0. The van der Waals surface area contributed by atoms with Gasteiger partial charge in [0, 0.05) is 5.39 Å². The lowest BCUT2D eigenvalue weighted by Crippen LogP contribution is -2.17. The number of carbonyl (C=O) groups excluding carboxylic acids is 2. The van der Waals surface area contributed by atoms with Crippen LogP contribution in [0.3, 0.4) is 0 Å². The Balaban J connectivity index is 2.23. The van der Waals surface area contributed by atoms with Crippen molar-refractivity contribution in [1.82, 2.24) is 4.98 Å². The third kappa shape index (κ3) is 4.49. The first-order valence-electron chi connectivity index (χ1n) is 9.68. The van der Waals surface area contributed by atoms with Crippen LogP contribution in [0.4, 0.5) is 0 Å². The van der Waals surface area contributed by atoms with Crippen LogP contribution in [-0.4, -0.2) is 37.2 Å². The number of aromatic nitrogens is 1. The van der Waals surface area contributed by atoms with Crippen molar-refractivity contribution in [3.63, 3.8) is 0 Å². The van der Waals surface area contributed by atoms with Crippen molar-refractivity contribution in [2.75, 3.05) is 20.3 Å². The lowest BCUT2D eigenvalue weighted by atomic mass is 9.99. The van der Waals surface area contributed by atoms with Crippen molar-refractivity contribution < 1.29 is 23.8 Å². The van der Waals surface area contributed by atoms with E-state index in [1.54, 1.807) is 51.3 Å². The maximum Gasteiger partial charge on any atom is 0.341 e. The molecule has 0 atom stereocenters. The number of nitrogens with zero attached hydrogens (tertiary/aromatic N) is 1. The van der Waals surface area contributed by atoms with Crippen LogP contribution in [0.5, 0.6) is 5.75 Å². The number of rotatable bonds is 7. The molecule has 6 nitrogen and oxygen atoms in total. The van der Waals surface area contributed by atoms with Gasteiger partial charge in [-0.2, -0.15) is 0 Å². The van der Waals surface area contributed by atoms with E-state index in [4.69, 9.17) is 14.2 Å². The molecule has 2 aromatic carbocycles. The van der Waals surface area contributed by atoms with Gasteiger partial charge in [0.15, 0.2) is 0 Å². The number of ether oxygens (including phenoxy) is 3. The minimum atomic E-state index is -0.621. The van der Waals surface area contributed by atoms with E-state index >= 15 is 0 Å². The molecule has 0 aliphatic heterocycles. The highest BCUT2D eigenvalue weighted by atomic mass is 16.5. The Morgan fingerprint density at radius 2 is 1.60 bits per heavy atom. The number of para-hydroxylation sites is 1. The first kappa shape index (κ1) is 21.0. The van der Waals surface area contributed by atoms with Crippen molar-refractivity contribution in [2.45, 2.75) is 13.8 Å². The predicted molar refractivity (Wildman–Crippen MR) is 116 cm³/mol. The topological polar surface area (TPSA) is 74.7 Å². The average molecular weight is 405 g/mol. The maximum atomic E-state index is 12.8. The third-order valence-corrected chi connectivity index (χ3v) is 4.41. The van der Waals surface area contributed by atoms with E-state index in [0.29, 0.717) is 22.3 Å². The van der Waals surface area contributed by atoms with Gasteiger partial charge in [0.25, 0.3) is 0 Å². The van der Waals surface area contributed by atoms with Gasteiger partial charge in [0.05, 0.1) is 37.1 Å². The van der Waals surface area contributed by atoms with Gasteiger partial charge in [-0.3, -0.25) is 0 Å². The fourth-order valence-corrected chi connectivity index (χ4v) is 3.10. The quantitative estimate of drug-likeness (QED) is 0.527. The van der Waals surface area contributed by atoms with Crippen LogP contribution in [0.25, 0.3) is 23.1 Å². The van der Waals surface area contributed by atoms with Gasteiger partial charge in [-0.1, -0.05) is 36.4 Å². The minimum Gasteiger partial charge on any atom is -0.497 e. The number of esters is 2. The Morgan fingerprint density at radius 1 is 0.900 bits per heavy atom. The van der Waals surface area contributed by atoms with E-state index in [1.807, 2.05) is 30.3 Å². The standard InChI is InChI=1S/C24H23NO5/c1-4-29-23(26)21-18-11-6-7-12-19(18)25-20(22(21)24(27)30-5-2)14-13-16-9-8-10-17(15-16)28-3/h6-15H,4-5H2,1-3H3/b14-13+. The van der Waals surface area contributed by atoms with Crippen LogP contribution < -0.4 is 4.74 Å². The van der Waals surface area contributed by atoms with E-state index in [9.17, 15) is 9.59 Å². The summed E-state index contributed by atoms with van der Waals surface area (Å²) in [5.74, 6) is -0.499. The first-order chi connectivity index (χ1) is 14.6. The fraction of sp³-hybridized carbons (Fsp3) is 0.208. The molecule has 0 bridgehead atoms. The average Bonchev–Trinajstić information content (AvgIpc) is 2.77. The number of benzene rings is 2. The van der Waals surface area contributed by atoms with Gasteiger partial charge >= 0.3 is 11.9 Å². The van der Waals surface area contributed by atoms with E-state index < -0.39 is 11.9 Å². The molecular formula is C24H23NO5. The van der Waals surface area contributed by atoms with Gasteiger partial charge in [-0.15, -0.1) is 0 Å². The van der Waals surface area contributed by atoms with Gasteiger partial charge in [0.1, 0.15) is 11.3 Å². The van der Waals surface area contributed by atoms with Crippen molar-refractivity contribution in [3.8, 4) is 5.75 Å². The third-order valence-electron chi connectivity index (χ3n) is 4.41. The summed E-state index contributed by atoms with van der Waals surface area (Å²) in [6.45, 7) is 3.79. The Hall–Kier alpha value is -3.67. The normalized spacial score (nSPS) is 10.9. The Morgan fingerprint density at radius 3 is 2.30 bits per heavy atom. The summed E-state index contributed by atoms with van der Waals surface area (Å²) in [7, 11) is 1.60. The number of methoxy groups -OCH3 is 1. The molecule has 154 valence electrons. The molecule has 0 spiro atoms. The second-order valence-electron chi connectivity index (χ2n) is 6.32. The number of hydrogen-bond acceptors (Lipinski definition) is 6. The molecule has 0 fully saturated rings. The van der Waals surface area contributed by atoms with Crippen molar-refractivity contribution in [2.24, 2.45) is 0 Å². The van der Waals surface area contributed by atoms with E-state index in [1.165, 1.54) is 0 Å². The summed E-state index contributed by atoms with van der Waals surface area (Å²) in [6, 6.07) is 14.6. The minimum absolute atomic E-state index is 0.0909. The molecule has 0 saturated carbocycles. The summed E-state index contributed by atoms with van der Waals surface area (Å²) < 4.78 is 15.7. The summed E-state index contributed by atoms with van der Waals surface area (Å²) in [5.41, 5.74) is 2.02. The molecule has 0 amide bonds. The molecule has 30 heavy (non-hydrogen) atoms. The number of fused-ring (bicyclic) bond motifs is 1. The molecule has 1 aromatic heterocycles. The first-order valence-corrected chi connectivity index (χ1v) is 9.68. The van der Waals surface area contributed by atoms with E-state index in [-0.39, 0.29) is 24.3 Å². The highest BCUT2D eigenvalue weighted by Crippen LogP contribution is 2.27. The van der Waals surface area contributed by atoms with Gasteiger partial charge in [0.2, 0.25) is 0 Å². The molecule has 0 aliphatic carbocycles. The lowest BCUT2D eigenvalue weighted by molar-refractivity contribution is 0.0480. The zero-order valence-corrected chi connectivity index (χ0v) is 17.2. The Kier molecular flexibility index (Phi) is 6.80. The highest BCUT2D eigenvalue weighted by Gasteiger charge is 2.26. The van der Waals surface area contributed by atoms with Crippen LogP contribution in [0.15, 0.2) is 48.5 Å². The summed E-state index contributed by atoms with van der Waals surface area (Å²) in [6.07, 6.45) is 3.49. The van der Waals surface area contributed by atoms with Crippen molar-refractivity contribution in [3.05, 3.63) is 70.9 Å². The van der Waals surface area contributed by atoms with Gasteiger partial charge in [-0.05, 0) is 43.7 Å². The second kappa shape index (κ2) is 9.69. The molecule has 1 heterocycles. The molecule has 0 radical (unpaired) electrons. The van der Waals surface area contributed by atoms with Crippen molar-refractivity contribution >= 4 is 35.0 Å². The van der Waals surface area contributed by atoms with Gasteiger partial charge < -0.3 is 14.2 Å². The van der Waals surface area contributed by atoms with E-state index in [2.05, 4.69) is 4.98 Å². The second-order valence-corrected chi connectivity index (χ2v) is 6.32. The highest BCUT2D eigenvalue weighted by molar-refractivity contribution is 6.13. The SMILES string of the molecule is CCOC(=O)c1c(/C=C/c2cccc(OC)c2)nc2ccccc2c1C(=O)OCC. The molecule has 0 N–H and O–H groups in total.